The van der Waals surface area contributed by atoms with Gasteiger partial charge in [0.1, 0.15) is 12.2 Å². The van der Waals surface area contributed by atoms with Gasteiger partial charge in [-0.05, 0) is 36.1 Å². The van der Waals surface area contributed by atoms with Gasteiger partial charge in [-0.25, -0.2) is 4.79 Å². The summed E-state index contributed by atoms with van der Waals surface area (Å²) in [5.41, 5.74) is 1.36. The molecule has 25 heavy (non-hydrogen) atoms. The second-order valence-corrected chi connectivity index (χ2v) is 7.85. The number of benzene rings is 1. The predicted molar refractivity (Wildman–Crippen MR) is 103 cm³/mol. The molecule has 0 radical (unpaired) electrons. The second kappa shape index (κ2) is 8.08. The summed E-state index contributed by atoms with van der Waals surface area (Å²) in [4.78, 5) is 24.8. The molecule has 0 saturated heterocycles. The summed E-state index contributed by atoms with van der Waals surface area (Å²) in [6.45, 7) is 1.85. The number of ether oxygens (including phenoxy) is 1. The molecular formula is C18H15ClO4S2. The number of hydrogen-bond donors (Lipinski definition) is 0. The van der Waals surface area contributed by atoms with Crippen LogP contribution in [0.25, 0.3) is 11.0 Å². The van der Waals surface area contributed by atoms with Crippen molar-refractivity contribution in [2.24, 2.45) is 0 Å². The fourth-order valence-corrected chi connectivity index (χ4v) is 4.12. The number of aryl methyl sites for hydroxylation is 1. The molecule has 1 aromatic carbocycles. The molecule has 0 aliphatic carbocycles. The quantitative estimate of drug-likeness (QED) is 0.444. The number of fused-ring (bicyclic) bond motifs is 1. The minimum absolute atomic E-state index is 0.0138. The van der Waals surface area contributed by atoms with Crippen LogP contribution in [0.15, 0.2) is 44.9 Å². The van der Waals surface area contributed by atoms with Gasteiger partial charge in [0.15, 0.2) is 0 Å². The van der Waals surface area contributed by atoms with Gasteiger partial charge in [0.2, 0.25) is 0 Å². The van der Waals surface area contributed by atoms with Crippen molar-refractivity contribution in [1.29, 1.82) is 0 Å². The average molecular weight is 395 g/mol. The van der Waals surface area contributed by atoms with Crippen molar-refractivity contribution >= 4 is 51.6 Å². The molecule has 0 aliphatic rings. The molecule has 0 spiro atoms. The summed E-state index contributed by atoms with van der Waals surface area (Å²) in [5.74, 6) is 0.720. The summed E-state index contributed by atoms with van der Waals surface area (Å²) in [5, 5.41) is 3.25. The summed E-state index contributed by atoms with van der Waals surface area (Å²) in [7, 11) is 0. The third-order valence-electron chi connectivity index (χ3n) is 3.54. The Morgan fingerprint density at radius 1 is 1.36 bits per heavy atom. The number of rotatable bonds is 6. The highest BCUT2D eigenvalue weighted by Gasteiger charge is 2.11. The third kappa shape index (κ3) is 4.66. The normalized spacial score (nSPS) is 11.0. The molecule has 2 heterocycles. The molecule has 3 rings (SSSR count). The smallest absolute Gasteiger partial charge is 0.336 e. The average Bonchev–Trinajstić information content (AvgIpc) is 3.07. The molecule has 0 unspecified atom stereocenters. The predicted octanol–water partition coefficient (Wildman–Crippen LogP) is 4.79. The van der Waals surface area contributed by atoms with Crippen LogP contribution < -0.4 is 5.63 Å². The van der Waals surface area contributed by atoms with Crippen molar-refractivity contribution in [3.05, 3.63) is 67.2 Å². The Hall–Kier alpha value is -1.76. The van der Waals surface area contributed by atoms with E-state index in [0.717, 1.165) is 11.3 Å². The molecule has 0 fully saturated rings. The molecule has 7 heteroatoms. The van der Waals surface area contributed by atoms with Crippen LogP contribution in [0, 0.1) is 6.92 Å². The van der Waals surface area contributed by atoms with Gasteiger partial charge in [-0.3, -0.25) is 4.79 Å². The maximum absolute atomic E-state index is 11.9. The first-order chi connectivity index (χ1) is 12.0. The molecule has 0 atom stereocenters. The van der Waals surface area contributed by atoms with Gasteiger partial charge < -0.3 is 9.15 Å². The van der Waals surface area contributed by atoms with E-state index in [1.54, 1.807) is 23.5 Å². The fourth-order valence-electron chi connectivity index (χ4n) is 2.30. The van der Waals surface area contributed by atoms with Crippen LogP contribution in [-0.2, 0) is 21.9 Å². The molecule has 0 N–H and O–H groups in total. The summed E-state index contributed by atoms with van der Waals surface area (Å²) < 4.78 is 10.5. The van der Waals surface area contributed by atoms with Crippen LogP contribution in [0.5, 0.6) is 0 Å². The number of halogens is 1. The second-order valence-electron chi connectivity index (χ2n) is 5.42. The number of hydrogen-bond acceptors (Lipinski definition) is 6. The van der Waals surface area contributed by atoms with E-state index in [1.807, 2.05) is 24.4 Å². The number of thiophene rings is 1. The first kappa shape index (κ1) is 18.0. The van der Waals surface area contributed by atoms with E-state index < -0.39 is 5.63 Å². The van der Waals surface area contributed by atoms with Gasteiger partial charge in [-0.15, -0.1) is 23.1 Å². The highest BCUT2D eigenvalue weighted by atomic mass is 35.5. The Balaban J connectivity index is 1.65. The lowest BCUT2D eigenvalue weighted by Gasteiger charge is -2.08. The molecule has 2 aromatic heterocycles. The summed E-state index contributed by atoms with van der Waals surface area (Å²) >= 11 is 9.31. The largest absolute Gasteiger partial charge is 0.460 e. The van der Waals surface area contributed by atoms with Crippen LogP contribution in [0.1, 0.15) is 16.0 Å². The molecule has 3 aromatic rings. The van der Waals surface area contributed by atoms with Gasteiger partial charge in [-0.2, -0.15) is 0 Å². The zero-order chi connectivity index (χ0) is 17.8. The van der Waals surface area contributed by atoms with Gasteiger partial charge in [-0.1, -0.05) is 17.7 Å². The van der Waals surface area contributed by atoms with Gasteiger partial charge in [0, 0.05) is 32.7 Å². The van der Waals surface area contributed by atoms with Crippen LogP contribution in [0.4, 0.5) is 0 Å². The van der Waals surface area contributed by atoms with Gasteiger partial charge in [0.05, 0.1) is 5.75 Å². The number of carbonyl (C=O) groups excluding carboxylic acids is 1. The SMILES string of the molecule is Cc1cc2oc(=O)cc(COC(=O)CSCc3cccs3)c2cc1Cl. The zero-order valence-corrected chi connectivity index (χ0v) is 15.8. The van der Waals surface area contributed by atoms with Crippen molar-refractivity contribution in [2.45, 2.75) is 19.3 Å². The van der Waals surface area contributed by atoms with Gasteiger partial charge >= 0.3 is 11.6 Å². The fraction of sp³-hybridized carbons (Fsp3) is 0.222. The first-order valence-corrected chi connectivity index (χ1v) is 9.93. The van der Waals surface area contributed by atoms with Crippen molar-refractivity contribution in [2.75, 3.05) is 5.75 Å². The van der Waals surface area contributed by atoms with E-state index in [2.05, 4.69) is 0 Å². The lowest BCUT2D eigenvalue weighted by molar-refractivity contribution is -0.141. The Morgan fingerprint density at radius 2 is 2.20 bits per heavy atom. The minimum Gasteiger partial charge on any atom is -0.460 e. The van der Waals surface area contributed by atoms with Crippen molar-refractivity contribution in [3.63, 3.8) is 0 Å². The zero-order valence-electron chi connectivity index (χ0n) is 13.4. The van der Waals surface area contributed by atoms with E-state index >= 15 is 0 Å². The Kier molecular flexibility index (Phi) is 5.83. The van der Waals surface area contributed by atoms with Crippen molar-refractivity contribution in [3.8, 4) is 0 Å². The Labute approximate surface area is 157 Å². The molecule has 0 aliphatic heterocycles. The minimum atomic E-state index is -0.479. The number of carbonyl (C=O) groups is 1. The molecule has 0 amide bonds. The lowest BCUT2D eigenvalue weighted by Crippen LogP contribution is -2.09. The van der Waals surface area contributed by atoms with Crippen molar-refractivity contribution < 1.29 is 13.9 Å². The molecule has 4 nitrogen and oxygen atoms in total. The van der Waals surface area contributed by atoms with Crippen LogP contribution in [0.2, 0.25) is 5.02 Å². The van der Waals surface area contributed by atoms with E-state index in [-0.39, 0.29) is 18.3 Å². The number of thioether (sulfide) groups is 1. The van der Waals surface area contributed by atoms with Crippen LogP contribution in [0.3, 0.4) is 0 Å². The van der Waals surface area contributed by atoms with Crippen LogP contribution >= 0.6 is 34.7 Å². The maximum Gasteiger partial charge on any atom is 0.336 e. The van der Waals surface area contributed by atoms with E-state index in [0.29, 0.717) is 21.6 Å². The van der Waals surface area contributed by atoms with E-state index in [1.165, 1.54) is 22.7 Å². The summed E-state index contributed by atoms with van der Waals surface area (Å²) in [6, 6.07) is 8.78. The van der Waals surface area contributed by atoms with Gasteiger partial charge in [0.25, 0.3) is 0 Å². The topological polar surface area (TPSA) is 56.5 Å². The highest BCUT2D eigenvalue weighted by Crippen LogP contribution is 2.25. The molecule has 130 valence electrons. The molecular weight excluding hydrogens is 380 g/mol. The van der Waals surface area contributed by atoms with E-state index in [4.69, 9.17) is 20.8 Å². The maximum atomic E-state index is 11.9. The molecule has 0 bridgehead atoms. The standard InChI is InChI=1S/C18H15ClO4S2/c1-11-5-16-14(7-15(11)19)12(6-17(20)23-16)8-22-18(21)10-24-9-13-3-2-4-25-13/h2-7H,8-10H2,1H3. The Morgan fingerprint density at radius 3 is 2.96 bits per heavy atom. The molecule has 0 saturated carbocycles. The monoisotopic (exact) mass is 394 g/mol. The lowest BCUT2D eigenvalue weighted by atomic mass is 10.1. The number of esters is 1. The van der Waals surface area contributed by atoms with Crippen molar-refractivity contribution in [1.82, 2.24) is 0 Å². The highest BCUT2D eigenvalue weighted by molar-refractivity contribution is 7.99. The van der Waals surface area contributed by atoms with E-state index in [9.17, 15) is 9.59 Å². The first-order valence-electron chi connectivity index (χ1n) is 7.51. The Bertz CT molecular complexity index is 948. The third-order valence-corrected chi connectivity index (χ3v) is 5.96. The van der Waals surface area contributed by atoms with Crippen LogP contribution in [-0.4, -0.2) is 11.7 Å². The summed E-state index contributed by atoms with van der Waals surface area (Å²) in [6.07, 6.45) is 0.